The van der Waals surface area contributed by atoms with Crippen molar-refractivity contribution in [1.29, 1.82) is 0 Å². The van der Waals surface area contributed by atoms with E-state index in [0.29, 0.717) is 37.6 Å². The molecule has 1 saturated carbocycles. The Labute approximate surface area is 110 Å². The van der Waals surface area contributed by atoms with Gasteiger partial charge in [-0.05, 0) is 43.4 Å². The van der Waals surface area contributed by atoms with E-state index >= 15 is 0 Å². The molecule has 0 spiro atoms. The van der Waals surface area contributed by atoms with Crippen molar-refractivity contribution < 1.29 is 19.4 Å². The average Bonchev–Trinajstić information content (AvgIpc) is 2.37. The van der Waals surface area contributed by atoms with Crippen LogP contribution in [-0.2, 0) is 14.3 Å². The van der Waals surface area contributed by atoms with Gasteiger partial charge >= 0.3 is 5.97 Å². The van der Waals surface area contributed by atoms with Crippen molar-refractivity contribution in [3.8, 4) is 0 Å². The highest BCUT2D eigenvalue weighted by Crippen LogP contribution is 2.28. The minimum Gasteiger partial charge on any atom is -0.464 e. The van der Waals surface area contributed by atoms with Crippen LogP contribution in [-0.4, -0.2) is 37.5 Å². The van der Waals surface area contributed by atoms with E-state index in [1.54, 1.807) is 0 Å². The van der Waals surface area contributed by atoms with Crippen molar-refractivity contribution in [2.24, 2.45) is 17.8 Å². The lowest BCUT2D eigenvalue weighted by atomic mass is 9.83. The fourth-order valence-corrected chi connectivity index (χ4v) is 2.19. The molecule has 1 fully saturated rings. The third-order valence-electron chi connectivity index (χ3n) is 3.38. The molecule has 1 rings (SSSR count). The smallest absolute Gasteiger partial charge is 0.332 e. The maximum absolute atomic E-state index is 11.3. The van der Waals surface area contributed by atoms with Crippen molar-refractivity contribution in [3.05, 3.63) is 0 Å². The van der Waals surface area contributed by atoms with Gasteiger partial charge in [-0.2, -0.15) is 0 Å². The molecule has 0 heterocycles. The summed E-state index contributed by atoms with van der Waals surface area (Å²) in [6.07, 6.45) is 4.32. The maximum Gasteiger partial charge on any atom is 0.332 e. The number of hydrogen-bond donors (Lipinski definition) is 1. The number of ether oxygens (including phenoxy) is 2. The zero-order valence-electron chi connectivity index (χ0n) is 11.6. The fourth-order valence-electron chi connectivity index (χ4n) is 2.19. The molecule has 0 bridgehead atoms. The van der Waals surface area contributed by atoms with Crippen LogP contribution in [0, 0.1) is 17.8 Å². The second-order valence-corrected chi connectivity index (χ2v) is 5.66. The maximum atomic E-state index is 11.3. The summed E-state index contributed by atoms with van der Waals surface area (Å²) in [6.45, 7) is 5.47. The van der Waals surface area contributed by atoms with Gasteiger partial charge in [-0.1, -0.05) is 13.8 Å². The summed E-state index contributed by atoms with van der Waals surface area (Å²) >= 11 is 0. The lowest BCUT2D eigenvalue weighted by Gasteiger charge is -2.26. The Morgan fingerprint density at radius 2 is 1.83 bits per heavy atom. The van der Waals surface area contributed by atoms with E-state index in [2.05, 4.69) is 0 Å². The second kappa shape index (κ2) is 8.48. The number of aliphatic hydroxyl groups excluding tert-OH is 1. The van der Waals surface area contributed by atoms with Crippen LogP contribution in [0.2, 0.25) is 0 Å². The minimum atomic E-state index is -0.271. The molecular formula is C14H26O4. The van der Waals surface area contributed by atoms with Gasteiger partial charge in [-0.3, -0.25) is 0 Å². The van der Waals surface area contributed by atoms with Crippen molar-refractivity contribution in [2.45, 2.75) is 39.5 Å². The molecule has 1 N–H and O–H groups in total. The van der Waals surface area contributed by atoms with Gasteiger partial charge in [0.1, 0.15) is 6.61 Å². The summed E-state index contributed by atoms with van der Waals surface area (Å²) in [5.41, 5.74) is 0. The number of esters is 1. The molecule has 18 heavy (non-hydrogen) atoms. The van der Waals surface area contributed by atoms with Gasteiger partial charge in [0.2, 0.25) is 0 Å². The van der Waals surface area contributed by atoms with Crippen molar-refractivity contribution >= 4 is 5.97 Å². The highest BCUT2D eigenvalue weighted by atomic mass is 16.6. The number of carbonyl (C=O) groups excluding carboxylic acids is 1. The quantitative estimate of drug-likeness (QED) is 0.710. The van der Waals surface area contributed by atoms with Gasteiger partial charge in [-0.15, -0.1) is 0 Å². The third-order valence-corrected chi connectivity index (χ3v) is 3.38. The van der Waals surface area contributed by atoms with Crippen LogP contribution in [0.3, 0.4) is 0 Å². The highest BCUT2D eigenvalue weighted by molar-refractivity contribution is 5.70. The van der Waals surface area contributed by atoms with E-state index in [4.69, 9.17) is 14.6 Å². The summed E-state index contributed by atoms with van der Waals surface area (Å²) in [7, 11) is 0. The van der Waals surface area contributed by atoms with Gasteiger partial charge in [0.05, 0.1) is 13.2 Å². The summed E-state index contributed by atoms with van der Waals surface area (Å²) in [6, 6.07) is 0. The van der Waals surface area contributed by atoms with Crippen LogP contribution in [0.25, 0.3) is 0 Å². The Morgan fingerprint density at radius 3 is 2.39 bits per heavy atom. The van der Waals surface area contributed by atoms with Crippen LogP contribution < -0.4 is 0 Å². The molecule has 0 saturated heterocycles. The number of aliphatic hydroxyl groups is 1. The Bertz CT molecular complexity index is 232. The summed E-state index contributed by atoms with van der Waals surface area (Å²) in [4.78, 5) is 11.3. The van der Waals surface area contributed by atoms with E-state index in [9.17, 15) is 4.79 Å². The van der Waals surface area contributed by atoms with Gasteiger partial charge in [0.15, 0.2) is 0 Å². The number of carbonyl (C=O) groups is 1. The minimum absolute atomic E-state index is 0.0622. The normalized spacial score (nSPS) is 24.2. The molecule has 0 aromatic rings. The number of rotatable bonds is 7. The van der Waals surface area contributed by atoms with E-state index in [1.807, 2.05) is 13.8 Å². The van der Waals surface area contributed by atoms with E-state index in [1.165, 1.54) is 0 Å². The van der Waals surface area contributed by atoms with Crippen molar-refractivity contribution in [3.63, 3.8) is 0 Å². The largest absolute Gasteiger partial charge is 0.464 e. The molecule has 0 aromatic carbocycles. The van der Waals surface area contributed by atoms with E-state index < -0.39 is 0 Å². The zero-order valence-corrected chi connectivity index (χ0v) is 11.6. The lowest BCUT2D eigenvalue weighted by molar-refractivity contribution is -0.150. The van der Waals surface area contributed by atoms with Crippen molar-refractivity contribution in [1.82, 2.24) is 0 Å². The van der Waals surface area contributed by atoms with Gasteiger partial charge < -0.3 is 14.6 Å². The molecule has 1 aliphatic rings. The van der Waals surface area contributed by atoms with Crippen LogP contribution in [0.4, 0.5) is 0 Å². The van der Waals surface area contributed by atoms with Crippen LogP contribution in [0.1, 0.15) is 39.5 Å². The molecule has 1 aliphatic carbocycles. The van der Waals surface area contributed by atoms with Crippen LogP contribution >= 0.6 is 0 Å². The molecule has 0 unspecified atom stereocenters. The molecule has 106 valence electrons. The van der Waals surface area contributed by atoms with Crippen LogP contribution in [0.5, 0.6) is 0 Å². The Balaban J connectivity index is 2.02. The molecular weight excluding hydrogens is 232 g/mol. The van der Waals surface area contributed by atoms with Gasteiger partial charge in [0.25, 0.3) is 0 Å². The summed E-state index contributed by atoms with van der Waals surface area (Å²) in [5, 5.41) is 9.04. The predicted octanol–water partition coefficient (Wildman–Crippen LogP) is 2.00. The monoisotopic (exact) mass is 258 g/mol. The standard InChI is InChI=1S/C14H26O4/c1-11(2)8-18-14(16)10-17-9-13-5-3-12(7-15)4-6-13/h11-13,15H,3-10H2,1-2H3. The first-order valence-corrected chi connectivity index (χ1v) is 6.96. The summed E-state index contributed by atoms with van der Waals surface area (Å²) in [5.74, 6) is 1.10. The molecule has 0 atom stereocenters. The fraction of sp³-hybridized carbons (Fsp3) is 0.929. The molecule has 4 heteroatoms. The topological polar surface area (TPSA) is 55.8 Å². The SMILES string of the molecule is CC(C)COC(=O)COCC1CCC(CO)CC1. The van der Waals surface area contributed by atoms with Gasteiger partial charge in [-0.25, -0.2) is 4.79 Å². The van der Waals surface area contributed by atoms with Crippen LogP contribution in [0.15, 0.2) is 0 Å². The Hall–Kier alpha value is -0.610. The van der Waals surface area contributed by atoms with E-state index in [0.717, 1.165) is 25.7 Å². The zero-order chi connectivity index (χ0) is 13.4. The molecule has 0 aromatic heterocycles. The van der Waals surface area contributed by atoms with E-state index in [-0.39, 0.29) is 12.6 Å². The predicted molar refractivity (Wildman–Crippen MR) is 69.1 cm³/mol. The Kier molecular flexibility index (Phi) is 7.28. The first-order valence-electron chi connectivity index (χ1n) is 6.96. The van der Waals surface area contributed by atoms with Gasteiger partial charge in [0, 0.05) is 6.61 Å². The third kappa shape index (κ3) is 6.36. The first kappa shape index (κ1) is 15.4. The highest BCUT2D eigenvalue weighted by Gasteiger charge is 2.20. The summed E-state index contributed by atoms with van der Waals surface area (Å²) < 4.78 is 10.4. The first-order chi connectivity index (χ1) is 8.61. The second-order valence-electron chi connectivity index (χ2n) is 5.66. The molecule has 0 aliphatic heterocycles. The number of hydrogen-bond acceptors (Lipinski definition) is 4. The van der Waals surface area contributed by atoms with Crippen molar-refractivity contribution in [2.75, 3.05) is 26.4 Å². The Morgan fingerprint density at radius 1 is 1.22 bits per heavy atom. The molecule has 0 radical (unpaired) electrons. The average molecular weight is 258 g/mol. The molecule has 4 nitrogen and oxygen atoms in total. The molecule has 0 amide bonds. The lowest BCUT2D eigenvalue weighted by Crippen LogP contribution is -2.23.